The smallest absolute Gasteiger partial charge is 0.147 e. The van der Waals surface area contributed by atoms with Crippen LogP contribution in [0.4, 0.5) is 0 Å². The molecule has 0 atom stereocenters. The van der Waals surface area contributed by atoms with Gasteiger partial charge in [-0.3, -0.25) is 4.40 Å². The van der Waals surface area contributed by atoms with Gasteiger partial charge in [-0.25, -0.2) is 4.98 Å². The van der Waals surface area contributed by atoms with E-state index in [1.54, 1.807) is 0 Å². The molecule has 0 spiro atoms. The molecule has 0 saturated heterocycles. The molecule has 122 valence electrons. The van der Waals surface area contributed by atoms with Crippen LogP contribution in [-0.4, -0.2) is 9.38 Å². The highest BCUT2D eigenvalue weighted by molar-refractivity contribution is 14.1. The second kappa shape index (κ2) is 5.17. The molecule has 2 aromatic heterocycles. The Morgan fingerprint density at radius 1 is 0.692 bits per heavy atom. The van der Waals surface area contributed by atoms with Gasteiger partial charge in [0.25, 0.3) is 0 Å². The van der Waals surface area contributed by atoms with Crippen molar-refractivity contribution in [3.8, 4) is 0 Å². The molecule has 26 heavy (non-hydrogen) atoms. The van der Waals surface area contributed by atoms with Crippen molar-refractivity contribution in [1.82, 2.24) is 9.38 Å². The molecule has 0 aliphatic heterocycles. The van der Waals surface area contributed by atoms with E-state index in [0.717, 1.165) is 16.7 Å². The highest BCUT2D eigenvalue weighted by atomic mass is 127. The van der Waals surface area contributed by atoms with E-state index in [9.17, 15) is 0 Å². The Labute approximate surface area is 163 Å². The second-order valence-electron chi connectivity index (χ2n) is 6.63. The molecule has 0 fully saturated rings. The zero-order chi connectivity index (χ0) is 17.3. The van der Waals surface area contributed by atoms with Crippen LogP contribution in [0.15, 0.2) is 78.9 Å². The van der Waals surface area contributed by atoms with E-state index in [0.29, 0.717) is 0 Å². The topological polar surface area (TPSA) is 17.3 Å². The summed E-state index contributed by atoms with van der Waals surface area (Å²) in [6.07, 6.45) is 0. The first-order valence-corrected chi connectivity index (χ1v) is 9.69. The number of para-hydroxylation sites is 2. The molecular weight excluding hydrogens is 431 g/mol. The lowest BCUT2D eigenvalue weighted by Crippen LogP contribution is -1.93. The molecular formula is C23H13IN2. The van der Waals surface area contributed by atoms with Gasteiger partial charge >= 0.3 is 0 Å². The van der Waals surface area contributed by atoms with E-state index in [2.05, 4.69) is 106 Å². The van der Waals surface area contributed by atoms with Gasteiger partial charge in [0.15, 0.2) is 0 Å². The van der Waals surface area contributed by atoms with Gasteiger partial charge in [0.1, 0.15) is 5.65 Å². The maximum Gasteiger partial charge on any atom is 0.147 e. The van der Waals surface area contributed by atoms with Crippen molar-refractivity contribution >= 4 is 71.7 Å². The number of benzene rings is 4. The molecule has 0 unspecified atom stereocenters. The Kier molecular flexibility index (Phi) is 2.89. The van der Waals surface area contributed by atoms with E-state index in [-0.39, 0.29) is 0 Å². The van der Waals surface area contributed by atoms with E-state index in [4.69, 9.17) is 4.98 Å². The lowest BCUT2D eigenvalue weighted by molar-refractivity contribution is 1.32. The Balaban J connectivity index is 2.06. The number of halogens is 1. The summed E-state index contributed by atoms with van der Waals surface area (Å²) in [5, 5.41) is 6.27. The number of imidazole rings is 1. The van der Waals surface area contributed by atoms with Crippen LogP contribution in [0.2, 0.25) is 0 Å². The summed E-state index contributed by atoms with van der Waals surface area (Å²) in [5.74, 6) is 0. The van der Waals surface area contributed by atoms with E-state index >= 15 is 0 Å². The van der Waals surface area contributed by atoms with E-state index in [1.807, 2.05) is 0 Å². The van der Waals surface area contributed by atoms with Gasteiger partial charge in [-0.15, -0.1) is 0 Å². The molecule has 0 aliphatic carbocycles. The number of fused-ring (bicyclic) bond motifs is 10. The summed E-state index contributed by atoms with van der Waals surface area (Å²) in [4.78, 5) is 5.03. The minimum Gasteiger partial charge on any atom is -0.292 e. The molecule has 2 nitrogen and oxygen atoms in total. The molecule has 0 bridgehead atoms. The fourth-order valence-electron chi connectivity index (χ4n) is 4.09. The first-order chi connectivity index (χ1) is 12.8. The van der Waals surface area contributed by atoms with Crippen LogP contribution < -0.4 is 0 Å². The zero-order valence-electron chi connectivity index (χ0n) is 13.8. The van der Waals surface area contributed by atoms with Gasteiger partial charge < -0.3 is 0 Å². The average Bonchev–Trinajstić information content (AvgIpc) is 3.07. The number of hydrogen-bond donors (Lipinski definition) is 0. The predicted molar refractivity (Wildman–Crippen MR) is 118 cm³/mol. The quantitative estimate of drug-likeness (QED) is 0.192. The van der Waals surface area contributed by atoms with Crippen molar-refractivity contribution in [3.05, 3.63) is 82.4 Å². The fourth-order valence-corrected chi connectivity index (χ4v) is 4.58. The summed E-state index contributed by atoms with van der Waals surface area (Å²) in [5.41, 5.74) is 4.43. The lowest BCUT2D eigenvalue weighted by atomic mass is 10.00. The summed E-state index contributed by atoms with van der Waals surface area (Å²) in [7, 11) is 0. The van der Waals surface area contributed by atoms with Crippen LogP contribution >= 0.6 is 22.6 Å². The molecule has 0 N–H and O–H groups in total. The maximum atomic E-state index is 5.03. The van der Waals surface area contributed by atoms with Gasteiger partial charge in [0, 0.05) is 14.3 Å². The summed E-state index contributed by atoms with van der Waals surface area (Å²) >= 11 is 2.39. The van der Waals surface area contributed by atoms with Crippen LogP contribution in [0.25, 0.3) is 49.1 Å². The fraction of sp³-hybridized carbons (Fsp3) is 0. The Hall–Kier alpha value is -2.66. The van der Waals surface area contributed by atoms with Gasteiger partial charge in [0.05, 0.1) is 16.6 Å². The SMILES string of the molecule is Ic1ccc2c(c1)c1ccc3ccccc3c1c1nc3ccccc3n21. The third-order valence-corrected chi connectivity index (χ3v) is 5.87. The minimum absolute atomic E-state index is 1.03. The summed E-state index contributed by atoms with van der Waals surface area (Å²) in [6.45, 7) is 0. The van der Waals surface area contributed by atoms with Crippen LogP contribution in [-0.2, 0) is 0 Å². The third kappa shape index (κ3) is 1.84. The van der Waals surface area contributed by atoms with E-state index in [1.165, 1.54) is 36.0 Å². The number of aromatic nitrogens is 2. The van der Waals surface area contributed by atoms with Crippen molar-refractivity contribution in [2.24, 2.45) is 0 Å². The first-order valence-electron chi connectivity index (χ1n) is 8.61. The number of rotatable bonds is 0. The van der Waals surface area contributed by atoms with Crippen molar-refractivity contribution in [2.75, 3.05) is 0 Å². The largest absolute Gasteiger partial charge is 0.292 e. The second-order valence-corrected chi connectivity index (χ2v) is 7.88. The Morgan fingerprint density at radius 2 is 1.54 bits per heavy atom. The summed E-state index contributed by atoms with van der Waals surface area (Å²) in [6, 6.07) is 28.1. The standard InChI is InChI=1S/C23H13IN2/c24-15-10-12-20-18(13-15)17-11-9-14-5-1-2-6-16(14)22(17)23-25-19-7-3-4-8-21(19)26(20)23/h1-13H. The first kappa shape index (κ1) is 14.5. The predicted octanol–water partition coefficient (Wildman–Crippen LogP) is 6.55. The third-order valence-electron chi connectivity index (χ3n) is 5.20. The van der Waals surface area contributed by atoms with Crippen molar-refractivity contribution < 1.29 is 0 Å². The molecule has 0 aliphatic rings. The normalized spacial score (nSPS) is 12.0. The van der Waals surface area contributed by atoms with Crippen molar-refractivity contribution in [2.45, 2.75) is 0 Å². The Bertz CT molecular complexity index is 1490. The van der Waals surface area contributed by atoms with Crippen molar-refractivity contribution in [1.29, 1.82) is 0 Å². The van der Waals surface area contributed by atoms with Gasteiger partial charge in [-0.05, 0) is 69.1 Å². The van der Waals surface area contributed by atoms with Crippen LogP contribution in [0.5, 0.6) is 0 Å². The highest BCUT2D eigenvalue weighted by Gasteiger charge is 2.15. The molecule has 2 heterocycles. The highest BCUT2D eigenvalue weighted by Crippen LogP contribution is 2.36. The number of hydrogen-bond acceptors (Lipinski definition) is 1. The van der Waals surface area contributed by atoms with Gasteiger partial charge in [-0.2, -0.15) is 0 Å². The minimum atomic E-state index is 1.03. The molecule has 4 aromatic carbocycles. The maximum absolute atomic E-state index is 5.03. The van der Waals surface area contributed by atoms with Gasteiger partial charge in [-0.1, -0.05) is 48.5 Å². The van der Waals surface area contributed by atoms with E-state index < -0.39 is 0 Å². The molecule has 0 radical (unpaired) electrons. The number of pyridine rings is 1. The summed E-state index contributed by atoms with van der Waals surface area (Å²) < 4.78 is 3.56. The zero-order valence-corrected chi connectivity index (χ0v) is 15.9. The molecule has 6 aromatic rings. The van der Waals surface area contributed by atoms with Crippen LogP contribution in [0, 0.1) is 3.57 Å². The average molecular weight is 444 g/mol. The lowest BCUT2D eigenvalue weighted by Gasteiger charge is -2.11. The molecule has 6 rings (SSSR count). The van der Waals surface area contributed by atoms with Crippen LogP contribution in [0.1, 0.15) is 0 Å². The molecule has 3 heteroatoms. The monoisotopic (exact) mass is 444 g/mol. The van der Waals surface area contributed by atoms with Crippen molar-refractivity contribution in [3.63, 3.8) is 0 Å². The molecule has 0 saturated carbocycles. The van der Waals surface area contributed by atoms with Crippen LogP contribution in [0.3, 0.4) is 0 Å². The van der Waals surface area contributed by atoms with Gasteiger partial charge in [0.2, 0.25) is 0 Å². The molecule has 0 amide bonds. The number of nitrogens with zero attached hydrogens (tertiary/aromatic N) is 2. The Morgan fingerprint density at radius 3 is 2.50 bits per heavy atom.